The molecule has 2 fully saturated rings. The second-order valence-electron chi connectivity index (χ2n) is 3.93. The van der Waals surface area contributed by atoms with Crippen LogP contribution in [-0.2, 0) is 0 Å². The lowest BCUT2D eigenvalue weighted by atomic mass is 9.87. The topological polar surface area (TPSA) is 72.7 Å². The zero-order chi connectivity index (χ0) is 9.64. The van der Waals surface area contributed by atoms with Gasteiger partial charge in [0, 0.05) is 6.04 Å². The fourth-order valence-corrected chi connectivity index (χ4v) is 2.38. The first kappa shape index (κ1) is 9.33. The Morgan fingerprint density at radius 3 is 2.62 bits per heavy atom. The van der Waals surface area contributed by atoms with Crippen LogP contribution in [0.5, 0.6) is 0 Å². The van der Waals surface area contributed by atoms with Crippen LogP contribution in [0, 0.1) is 0 Å². The third-order valence-corrected chi connectivity index (χ3v) is 3.27. The molecule has 2 rings (SSSR count). The highest BCUT2D eigenvalue weighted by molar-refractivity contribution is 5.16. The van der Waals surface area contributed by atoms with Crippen LogP contribution in [0.25, 0.3) is 0 Å². The Bertz CT molecular complexity index is 216. The predicted molar refractivity (Wildman–Crippen MR) is 42.9 cm³/mol. The molecule has 2 aliphatic rings. The second-order valence-corrected chi connectivity index (χ2v) is 3.93. The predicted octanol–water partition coefficient (Wildman–Crippen LogP) is -1.46. The summed E-state index contributed by atoms with van der Waals surface area (Å²) in [6.45, 7) is -0.483. The highest BCUT2D eigenvalue weighted by atomic mass is 19.1. The van der Waals surface area contributed by atoms with Crippen LogP contribution in [0.3, 0.4) is 0 Å². The van der Waals surface area contributed by atoms with Gasteiger partial charge in [-0.05, 0) is 12.8 Å². The number of hydrogen-bond donors (Lipinski definition) is 4. The molecule has 2 bridgehead atoms. The molecule has 5 atom stereocenters. The molecule has 0 amide bonds. The van der Waals surface area contributed by atoms with Crippen molar-refractivity contribution in [3.63, 3.8) is 0 Å². The number of hydrogen-bond acceptors (Lipinski definition) is 4. The molecule has 5 heteroatoms. The van der Waals surface area contributed by atoms with E-state index >= 15 is 0 Å². The molecule has 4 N–H and O–H groups in total. The van der Waals surface area contributed by atoms with Crippen molar-refractivity contribution in [1.82, 2.24) is 5.32 Å². The summed E-state index contributed by atoms with van der Waals surface area (Å²) in [4.78, 5) is 0. The normalized spacial score (nSPS) is 55.4. The van der Waals surface area contributed by atoms with E-state index in [-0.39, 0.29) is 12.5 Å². The van der Waals surface area contributed by atoms with Crippen molar-refractivity contribution >= 4 is 0 Å². The number of alkyl halides is 1. The highest BCUT2D eigenvalue weighted by Gasteiger charge is 2.59. The molecule has 0 aromatic heterocycles. The third kappa shape index (κ3) is 1.05. The molecule has 0 saturated carbocycles. The van der Waals surface area contributed by atoms with Gasteiger partial charge in [-0.25, -0.2) is 4.39 Å². The first-order valence-corrected chi connectivity index (χ1v) is 4.50. The number of nitrogens with one attached hydrogen (secondary N) is 1. The van der Waals surface area contributed by atoms with Crippen molar-refractivity contribution in [3.05, 3.63) is 0 Å². The Morgan fingerprint density at radius 1 is 1.38 bits per heavy atom. The van der Waals surface area contributed by atoms with Gasteiger partial charge in [-0.2, -0.15) is 0 Å². The number of piperidine rings is 1. The fourth-order valence-electron chi connectivity index (χ4n) is 2.38. The Labute approximate surface area is 75.4 Å². The second kappa shape index (κ2) is 2.88. The summed E-state index contributed by atoms with van der Waals surface area (Å²) >= 11 is 0. The van der Waals surface area contributed by atoms with Crippen LogP contribution in [0.2, 0.25) is 0 Å². The molecule has 0 aromatic carbocycles. The monoisotopic (exact) mass is 191 g/mol. The Hall–Kier alpha value is -0.230. The minimum absolute atomic E-state index is 0.283. The summed E-state index contributed by atoms with van der Waals surface area (Å²) in [5.74, 6) is 0. The highest BCUT2D eigenvalue weighted by Crippen LogP contribution is 2.37. The number of aliphatic hydroxyl groups excluding tert-OH is 3. The maximum absolute atomic E-state index is 13.5. The van der Waals surface area contributed by atoms with Crippen LogP contribution in [0.15, 0.2) is 0 Å². The Morgan fingerprint density at radius 2 is 2.08 bits per heavy atom. The molecule has 2 aliphatic heterocycles. The minimum Gasteiger partial charge on any atom is -0.394 e. The SMILES string of the molecule is OC[C@@]12N[C@@H](CC[C@@H]1F)[C@H](O)[C@H]2O. The minimum atomic E-state index is -1.33. The smallest absolute Gasteiger partial charge is 0.123 e. The first-order valence-electron chi connectivity index (χ1n) is 4.50. The van der Waals surface area contributed by atoms with Gasteiger partial charge < -0.3 is 15.3 Å². The summed E-state index contributed by atoms with van der Waals surface area (Å²) in [6.07, 6.45) is -2.68. The zero-order valence-corrected chi connectivity index (χ0v) is 7.15. The standard InChI is InChI=1S/C8H14FNO3/c9-5-2-1-4-6(12)7(13)8(5,3-11)10-4/h4-7,10-13H,1-3H2/t4-,5-,6-,7+,8+/m0/s1. The van der Waals surface area contributed by atoms with E-state index in [0.717, 1.165) is 0 Å². The van der Waals surface area contributed by atoms with E-state index < -0.39 is 30.5 Å². The van der Waals surface area contributed by atoms with E-state index in [0.29, 0.717) is 6.42 Å². The van der Waals surface area contributed by atoms with Crippen LogP contribution in [0.4, 0.5) is 4.39 Å². The maximum atomic E-state index is 13.5. The van der Waals surface area contributed by atoms with Gasteiger partial charge in [0.15, 0.2) is 0 Å². The zero-order valence-electron chi connectivity index (χ0n) is 7.15. The molecule has 0 spiro atoms. The van der Waals surface area contributed by atoms with E-state index in [4.69, 9.17) is 5.11 Å². The van der Waals surface area contributed by atoms with Crippen molar-refractivity contribution in [2.75, 3.05) is 6.61 Å². The number of halogens is 1. The lowest BCUT2D eigenvalue weighted by Gasteiger charge is -2.37. The maximum Gasteiger partial charge on any atom is 0.123 e. The largest absolute Gasteiger partial charge is 0.394 e. The molecule has 0 unspecified atom stereocenters. The van der Waals surface area contributed by atoms with Gasteiger partial charge in [0.2, 0.25) is 0 Å². The molecule has 0 aliphatic carbocycles. The van der Waals surface area contributed by atoms with E-state index in [2.05, 4.69) is 5.32 Å². The van der Waals surface area contributed by atoms with E-state index in [1.807, 2.05) is 0 Å². The van der Waals surface area contributed by atoms with E-state index in [1.54, 1.807) is 0 Å². The van der Waals surface area contributed by atoms with E-state index in [9.17, 15) is 14.6 Å². The Kier molecular flexibility index (Phi) is 2.07. The molecule has 0 aromatic rings. The average Bonchev–Trinajstić information content (AvgIpc) is 2.36. The van der Waals surface area contributed by atoms with Crippen molar-refractivity contribution < 1.29 is 19.7 Å². The van der Waals surface area contributed by atoms with Gasteiger partial charge in [-0.15, -0.1) is 0 Å². The average molecular weight is 191 g/mol. The molecule has 4 nitrogen and oxygen atoms in total. The van der Waals surface area contributed by atoms with Gasteiger partial charge in [-0.1, -0.05) is 0 Å². The fraction of sp³-hybridized carbons (Fsp3) is 1.00. The summed E-state index contributed by atoms with van der Waals surface area (Å²) in [7, 11) is 0. The molecular formula is C8H14FNO3. The van der Waals surface area contributed by atoms with Crippen molar-refractivity contribution in [1.29, 1.82) is 0 Å². The number of fused-ring (bicyclic) bond motifs is 2. The molecule has 2 saturated heterocycles. The van der Waals surface area contributed by atoms with Crippen molar-refractivity contribution in [2.45, 2.75) is 42.8 Å². The third-order valence-electron chi connectivity index (χ3n) is 3.27. The number of aliphatic hydroxyl groups is 3. The van der Waals surface area contributed by atoms with Crippen LogP contribution in [0.1, 0.15) is 12.8 Å². The van der Waals surface area contributed by atoms with Crippen LogP contribution >= 0.6 is 0 Å². The lowest BCUT2D eigenvalue weighted by molar-refractivity contribution is -0.0387. The lowest BCUT2D eigenvalue weighted by Crippen LogP contribution is -2.61. The molecule has 76 valence electrons. The van der Waals surface area contributed by atoms with Gasteiger partial charge in [0.25, 0.3) is 0 Å². The summed E-state index contributed by atoms with van der Waals surface area (Å²) in [5, 5.41) is 30.9. The molecule has 0 radical (unpaired) electrons. The van der Waals surface area contributed by atoms with Crippen molar-refractivity contribution in [2.24, 2.45) is 0 Å². The van der Waals surface area contributed by atoms with E-state index in [1.165, 1.54) is 0 Å². The van der Waals surface area contributed by atoms with Crippen molar-refractivity contribution in [3.8, 4) is 0 Å². The summed E-state index contributed by atoms with van der Waals surface area (Å²) in [6, 6.07) is -0.283. The first-order chi connectivity index (χ1) is 6.12. The molecule has 13 heavy (non-hydrogen) atoms. The number of rotatable bonds is 1. The summed E-state index contributed by atoms with van der Waals surface area (Å²) in [5.41, 5.74) is -1.33. The Balaban J connectivity index is 2.30. The van der Waals surface area contributed by atoms with Crippen LogP contribution in [-0.4, -0.2) is 51.9 Å². The van der Waals surface area contributed by atoms with Gasteiger partial charge >= 0.3 is 0 Å². The quantitative estimate of drug-likeness (QED) is 0.409. The van der Waals surface area contributed by atoms with Gasteiger partial charge in [-0.3, -0.25) is 5.32 Å². The summed E-state index contributed by atoms with van der Waals surface area (Å²) < 4.78 is 13.5. The van der Waals surface area contributed by atoms with Gasteiger partial charge in [0.1, 0.15) is 17.8 Å². The van der Waals surface area contributed by atoms with Gasteiger partial charge in [0.05, 0.1) is 12.7 Å². The molecule has 2 heterocycles. The molecular weight excluding hydrogens is 177 g/mol. The van der Waals surface area contributed by atoms with Crippen LogP contribution < -0.4 is 5.32 Å².